The number of phenolic OH excluding ortho intramolecular Hbond substituents is 1. The largest absolute Gasteiger partial charge is 0.507 e. The van der Waals surface area contributed by atoms with Crippen LogP contribution in [0.15, 0.2) is 296 Å². The number of ether oxygens (including phenoxy) is 6. The molecule has 13 aromatic carbocycles. The van der Waals surface area contributed by atoms with E-state index in [2.05, 4.69) is 0 Å². The molecule has 0 unspecified atom stereocenters. The molecule has 144 heavy (non-hydrogen) atoms. The van der Waals surface area contributed by atoms with Crippen LogP contribution in [0.4, 0.5) is 71.0 Å². The lowest BCUT2D eigenvalue weighted by atomic mass is 10.0. The Morgan fingerprint density at radius 2 is 0.646 bits per heavy atom. The average molecular weight is 2000 g/mol. The highest BCUT2D eigenvalue weighted by atomic mass is 32.2. The number of benzene rings is 13. The Balaban J connectivity index is 0.000000184. The summed E-state index contributed by atoms with van der Waals surface area (Å²) in [4.78, 5) is 107. The van der Waals surface area contributed by atoms with Crippen molar-refractivity contribution in [1.29, 1.82) is 0 Å². The summed E-state index contributed by atoms with van der Waals surface area (Å²) >= 11 is 0. The molecule has 0 atom stereocenters. The Hall–Kier alpha value is -16.3. The predicted octanol–water partition coefficient (Wildman–Crippen LogP) is 23.7. The number of halogens is 11. The van der Waals surface area contributed by atoms with Crippen LogP contribution in [-0.2, 0) is 54.8 Å². The van der Waals surface area contributed by atoms with Crippen LogP contribution in [0.2, 0.25) is 0 Å². The van der Waals surface area contributed by atoms with Gasteiger partial charge in [-0.1, -0.05) is 133 Å². The normalized spacial score (nSPS) is 11.4. The van der Waals surface area contributed by atoms with Crippen molar-refractivity contribution in [3.05, 3.63) is 383 Å². The van der Waals surface area contributed by atoms with E-state index in [4.69, 9.17) is 28.4 Å². The minimum absolute atomic E-state index is 0.0230. The van der Waals surface area contributed by atoms with E-state index in [1.807, 2.05) is 24.3 Å². The van der Waals surface area contributed by atoms with Crippen molar-refractivity contribution in [2.75, 3.05) is 52.9 Å². The van der Waals surface area contributed by atoms with Gasteiger partial charge in [-0.3, -0.25) is 58.0 Å². The van der Waals surface area contributed by atoms with Gasteiger partial charge in [0.1, 0.15) is 159 Å². The van der Waals surface area contributed by atoms with E-state index in [0.717, 1.165) is 104 Å². The number of phenols is 1. The van der Waals surface area contributed by atoms with Crippen LogP contribution in [0.5, 0.6) is 17.2 Å². The summed E-state index contributed by atoms with van der Waals surface area (Å²) in [5.41, 5.74) is -3.52. The van der Waals surface area contributed by atoms with Gasteiger partial charge in [-0.05, 0) is 239 Å². The van der Waals surface area contributed by atoms with Gasteiger partial charge in [0.25, 0.3) is 33.7 Å². The predicted molar refractivity (Wildman–Crippen MR) is 521 cm³/mol. The van der Waals surface area contributed by atoms with Crippen molar-refractivity contribution >= 4 is 91.2 Å². The Kier molecular flexibility index (Phi) is 34.9. The number of nitrogens with zero attached hydrogens (tertiary/aromatic N) is 5. The van der Waals surface area contributed by atoms with Crippen molar-refractivity contribution in [3.63, 3.8) is 0 Å². The number of carbonyl (C=O) groups excluding carboxylic acids is 8. The molecule has 0 aliphatic rings. The molecule has 0 aliphatic heterocycles. The van der Waals surface area contributed by atoms with E-state index in [0.29, 0.717) is 56.8 Å². The molecule has 0 fully saturated rings. The Labute approximate surface area is 823 Å². The summed E-state index contributed by atoms with van der Waals surface area (Å²) in [6.07, 6.45) is 1.49. The average Bonchev–Trinajstić information content (AvgIpc) is 1.38. The molecule has 1 heterocycles. The fourth-order valence-corrected chi connectivity index (χ4v) is 15.9. The maximum Gasteiger partial charge on any atom is 0.326 e. The number of carbonyl (C=O) groups is 8. The zero-order chi connectivity index (χ0) is 105. The number of para-hydroxylation sites is 2. The number of hydrogen-bond acceptors (Lipinski definition) is 17. The van der Waals surface area contributed by atoms with E-state index in [-0.39, 0.29) is 45.6 Å². The maximum absolute atomic E-state index is 14.7. The van der Waals surface area contributed by atoms with Crippen LogP contribution >= 0.6 is 0 Å². The van der Waals surface area contributed by atoms with Gasteiger partial charge in [-0.2, -0.15) is 0 Å². The van der Waals surface area contributed by atoms with E-state index in [1.165, 1.54) is 64.8 Å². The molecule has 14 rings (SSSR count). The maximum atomic E-state index is 14.7. The Morgan fingerprint density at radius 3 is 1.03 bits per heavy atom. The van der Waals surface area contributed by atoms with Crippen molar-refractivity contribution in [2.24, 2.45) is 0 Å². The number of esters is 4. The van der Waals surface area contributed by atoms with Crippen molar-refractivity contribution in [3.8, 4) is 50.6 Å². The first-order valence-electron chi connectivity index (χ1n) is 44.3. The van der Waals surface area contributed by atoms with Gasteiger partial charge >= 0.3 is 23.9 Å². The zero-order valence-corrected chi connectivity index (χ0v) is 80.8. The Morgan fingerprint density at radius 1 is 0.326 bits per heavy atom. The second kappa shape index (κ2) is 46.4. The molecule has 1 aromatic heterocycles. The van der Waals surface area contributed by atoms with E-state index in [1.54, 1.807) is 205 Å². The first-order chi connectivity index (χ1) is 67.9. The van der Waals surface area contributed by atoms with Crippen molar-refractivity contribution < 1.29 is 129 Å². The summed E-state index contributed by atoms with van der Waals surface area (Å²) in [5, 5.41) is 10.8. The molecule has 14 aromatic rings. The van der Waals surface area contributed by atoms with Gasteiger partial charge in [-0.25, -0.2) is 60.7 Å². The van der Waals surface area contributed by atoms with Crippen molar-refractivity contribution in [2.45, 2.75) is 117 Å². The first kappa shape index (κ1) is 108. The number of methoxy groups -OCH3 is 1. The van der Waals surface area contributed by atoms with Gasteiger partial charge in [0.2, 0.25) is 0 Å². The van der Waals surface area contributed by atoms with E-state index >= 15 is 0 Å². The lowest BCUT2D eigenvalue weighted by Gasteiger charge is -2.26. The summed E-state index contributed by atoms with van der Waals surface area (Å²) < 4.78 is 218. The molecular formula is C110H98F11N5O17S. The number of rotatable bonds is 25. The fraction of sp³-hybridized carbons (Fsp3) is 0.200. The van der Waals surface area contributed by atoms with Crippen LogP contribution in [-0.4, -0.2) is 121 Å². The van der Waals surface area contributed by atoms with Crippen LogP contribution in [0.25, 0.3) is 44.3 Å². The first-order valence-corrected chi connectivity index (χ1v) is 45.7. The quantitative estimate of drug-likeness (QED) is 0.0316. The molecule has 22 nitrogen and oxygen atoms in total. The highest BCUT2D eigenvalue weighted by Crippen LogP contribution is 2.39. The smallest absolute Gasteiger partial charge is 0.326 e. The standard InChI is InChI=1S/C33H28F2N2O5S.C27H27F2NO5.C25H20F5NO3.C25H23F2NO4/c1-33(2,3)42-30(38)21-36(32(39)31-27(34)16-10-17-28(31)35)23-12-9-11-22(19-23)26-20-37(29-18-8-7-15-25(26)29)43(40,41)24-13-5-4-6-14-24;1-27(2,3)35-24(31)16-30(26(32)25-22(28)12-7-13-23(25)29)19-9-6-11-21(15-19)34-17-18-8-5-10-20(14-18)33-4;1-25(2,3)34-21(32)13-31(24(33)23-17(27)8-5-9-18(23)28)16-7-4-6-14(10-16)22-19(29)11-15(26)12-20(22)30;1-25(2,3)32-22(30)15-28(24(31)23-19(26)11-7-12-20(23)27)17-9-6-8-16(14-17)18-10-4-5-13-21(18)29/h4-20H,21H2,1-3H3;5-15H,16-17H2,1-4H3;4-12H,13H2,1-3H3;4-14,29H,15H2,1-3H3. The lowest BCUT2D eigenvalue weighted by molar-refractivity contribution is -0.154. The van der Waals surface area contributed by atoms with Gasteiger partial charge in [0.15, 0.2) is 0 Å². The van der Waals surface area contributed by atoms with Gasteiger partial charge < -0.3 is 33.5 Å². The molecule has 4 amide bonds. The number of aromatic hydroxyl groups is 1. The third-order valence-electron chi connectivity index (χ3n) is 20.5. The number of anilines is 4. The lowest BCUT2D eigenvalue weighted by Crippen LogP contribution is -2.39. The fourth-order valence-electron chi connectivity index (χ4n) is 14.5. The molecule has 1 N–H and O–H groups in total. The van der Waals surface area contributed by atoms with E-state index in [9.17, 15) is 100 Å². The summed E-state index contributed by atoms with van der Waals surface area (Å²) in [7, 11) is -2.40. The molecule has 748 valence electrons. The highest BCUT2D eigenvalue weighted by Gasteiger charge is 2.36. The second-order valence-electron chi connectivity index (χ2n) is 36.0. The third-order valence-corrected chi connectivity index (χ3v) is 22.1. The number of hydrogen-bond donors (Lipinski definition) is 1. The van der Waals surface area contributed by atoms with Crippen LogP contribution in [0.3, 0.4) is 0 Å². The number of amides is 4. The van der Waals surface area contributed by atoms with Gasteiger partial charge in [0, 0.05) is 63.7 Å². The molecule has 0 spiro atoms. The number of aromatic nitrogens is 1. The SMILES string of the molecule is CC(C)(C)OC(=O)CN(C(=O)c1c(F)cccc1F)c1cccc(-c2c(F)cc(F)cc2F)c1.CC(C)(C)OC(=O)CN(C(=O)c1c(F)cccc1F)c1cccc(-c2ccccc2O)c1.CC(C)(C)OC(=O)CN(C(=O)c1c(F)cccc1F)c1cccc(-c2cn(S(=O)(=O)c3ccccc3)c3ccccc23)c1.COc1cccc(COc2cccc(N(CC(=O)OC(C)(C)C)C(=O)c3c(F)cccc3F)c2)c1. The minimum Gasteiger partial charge on any atom is -0.507 e. The third kappa shape index (κ3) is 28.3. The highest BCUT2D eigenvalue weighted by molar-refractivity contribution is 7.90. The minimum atomic E-state index is -3.96. The molecule has 34 heteroatoms. The topological polar surface area (TPSA) is 264 Å². The Bertz CT molecular complexity index is 7140. The molecule has 0 saturated carbocycles. The van der Waals surface area contributed by atoms with Crippen molar-refractivity contribution in [1.82, 2.24) is 3.97 Å². The van der Waals surface area contributed by atoms with Crippen LogP contribution < -0.4 is 29.1 Å². The second-order valence-corrected chi connectivity index (χ2v) is 37.8. The monoisotopic (exact) mass is 2000 g/mol. The van der Waals surface area contributed by atoms with Crippen LogP contribution in [0, 0.1) is 64.0 Å². The molecule has 0 aliphatic carbocycles. The van der Waals surface area contributed by atoms with E-state index < -0.39 is 198 Å². The van der Waals surface area contributed by atoms with Gasteiger partial charge in [-0.15, -0.1) is 0 Å². The molecular weight excluding hydrogens is 1900 g/mol. The molecule has 0 radical (unpaired) electrons. The van der Waals surface area contributed by atoms with Gasteiger partial charge in [0.05, 0.1) is 23.1 Å². The zero-order valence-electron chi connectivity index (χ0n) is 80.0. The summed E-state index contributed by atoms with van der Waals surface area (Å²) in [6, 6.07) is 66.2. The number of fused-ring (bicyclic) bond motifs is 1. The van der Waals surface area contributed by atoms with Crippen LogP contribution in [0.1, 0.15) is 130 Å². The molecule has 0 bridgehead atoms. The summed E-state index contributed by atoms with van der Waals surface area (Å²) in [5.74, 6) is -18.5. The molecule has 0 saturated heterocycles. The summed E-state index contributed by atoms with van der Waals surface area (Å²) in [6.45, 7) is 17.5.